The number of esters is 1. The van der Waals surface area contributed by atoms with Gasteiger partial charge in [-0.1, -0.05) is 39.8 Å². The molecule has 1 aliphatic rings. The number of hydrogen-bond donors (Lipinski definition) is 0. The predicted molar refractivity (Wildman–Crippen MR) is 84.6 cm³/mol. The van der Waals surface area contributed by atoms with Crippen LogP contribution in [0.15, 0.2) is 23.8 Å². The van der Waals surface area contributed by atoms with Crippen LogP contribution in [0.2, 0.25) is 0 Å². The van der Waals surface area contributed by atoms with Crippen LogP contribution in [-0.2, 0) is 9.53 Å². The predicted octanol–water partition coefficient (Wildman–Crippen LogP) is 5.19. The minimum Gasteiger partial charge on any atom is -0.451 e. The Morgan fingerprint density at radius 2 is 2.05 bits per heavy atom. The molecule has 2 heteroatoms. The van der Waals surface area contributed by atoms with Gasteiger partial charge in [0.15, 0.2) is 0 Å². The van der Waals surface area contributed by atoms with Crippen molar-refractivity contribution in [3.05, 3.63) is 23.8 Å². The lowest BCUT2D eigenvalue weighted by atomic mass is 9.89. The summed E-state index contributed by atoms with van der Waals surface area (Å²) in [7, 11) is 0. The molecule has 20 heavy (non-hydrogen) atoms. The van der Waals surface area contributed by atoms with Crippen LogP contribution in [0.25, 0.3) is 0 Å². The molecule has 0 fully saturated rings. The van der Waals surface area contributed by atoms with Gasteiger partial charge in [-0.2, -0.15) is 0 Å². The van der Waals surface area contributed by atoms with E-state index in [0.29, 0.717) is 5.92 Å². The van der Waals surface area contributed by atoms with Gasteiger partial charge in [-0.05, 0) is 56.9 Å². The van der Waals surface area contributed by atoms with E-state index in [9.17, 15) is 4.79 Å². The Morgan fingerprint density at radius 1 is 1.30 bits per heavy atom. The third kappa shape index (κ3) is 4.50. The van der Waals surface area contributed by atoms with E-state index >= 15 is 0 Å². The first-order valence-electron chi connectivity index (χ1n) is 8.22. The molecular weight excluding hydrogens is 248 g/mol. The molecule has 2 atom stereocenters. The monoisotopic (exact) mass is 278 g/mol. The second-order valence-electron chi connectivity index (χ2n) is 5.73. The fourth-order valence-electron chi connectivity index (χ4n) is 2.81. The third-order valence-corrected chi connectivity index (χ3v) is 4.32. The molecule has 0 saturated heterocycles. The number of hydrogen-bond acceptors (Lipinski definition) is 2. The van der Waals surface area contributed by atoms with Gasteiger partial charge in [0.25, 0.3) is 0 Å². The summed E-state index contributed by atoms with van der Waals surface area (Å²) < 4.78 is 5.65. The van der Waals surface area contributed by atoms with Crippen LogP contribution in [0, 0.1) is 5.92 Å². The molecule has 0 radical (unpaired) electrons. The van der Waals surface area contributed by atoms with Crippen LogP contribution in [0.4, 0.5) is 0 Å². The maximum atomic E-state index is 11.8. The quantitative estimate of drug-likeness (QED) is 0.428. The molecule has 0 aromatic rings. The highest BCUT2D eigenvalue weighted by Gasteiger charge is 2.37. The molecule has 0 bridgehead atoms. The molecule has 0 aliphatic carbocycles. The summed E-state index contributed by atoms with van der Waals surface area (Å²) in [6.07, 6.45) is 13.9. The van der Waals surface area contributed by atoms with Crippen molar-refractivity contribution in [3.8, 4) is 0 Å². The Hall–Kier alpha value is -1.05. The fraction of sp³-hybridized carbons (Fsp3) is 0.722. The smallest absolute Gasteiger partial charge is 0.334 e. The Balaban J connectivity index is 2.52. The van der Waals surface area contributed by atoms with E-state index in [-0.39, 0.29) is 11.6 Å². The lowest BCUT2D eigenvalue weighted by Gasteiger charge is -2.25. The van der Waals surface area contributed by atoms with Crippen molar-refractivity contribution in [2.45, 2.75) is 78.2 Å². The summed E-state index contributed by atoms with van der Waals surface area (Å²) in [5.74, 6) is 0.558. The van der Waals surface area contributed by atoms with Crippen molar-refractivity contribution in [3.63, 3.8) is 0 Å². The molecule has 0 unspecified atom stereocenters. The Kier molecular flexibility index (Phi) is 7.04. The molecular formula is C18H30O2. The summed E-state index contributed by atoms with van der Waals surface area (Å²) in [4.78, 5) is 11.8. The summed E-state index contributed by atoms with van der Waals surface area (Å²) in [6, 6.07) is 0. The molecule has 0 saturated carbocycles. The number of carbonyl (C=O) groups is 1. The van der Waals surface area contributed by atoms with Gasteiger partial charge in [-0.15, -0.1) is 0 Å². The SMILES string of the molecule is CC/C=C/[C@H](CC)CCC[C@@]1(CC)C=C(CC)C(=O)O1. The van der Waals surface area contributed by atoms with Crippen molar-refractivity contribution in [2.75, 3.05) is 0 Å². The van der Waals surface area contributed by atoms with Crippen LogP contribution in [0.1, 0.15) is 72.6 Å². The first-order valence-corrected chi connectivity index (χ1v) is 8.22. The van der Waals surface area contributed by atoms with Gasteiger partial charge in [-0.25, -0.2) is 4.79 Å². The molecule has 0 spiro atoms. The summed E-state index contributed by atoms with van der Waals surface area (Å²) in [5, 5.41) is 0. The standard InChI is InChI=1S/C18H30O2/c1-5-9-11-15(6-2)12-10-13-18(8-4)14-16(7-3)17(19)20-18/h9,11,14-15H,5-8,10,12-13H2,1-4H3/b11-9+/t15-,18-/m0/s1. The number of rotatable bonds is 9. The van der Waals surface area contributed by atoms with Crippen LogP contribution >= 0.6 is 0 Å². The number of carbonyl (C=O) groups excluding carboxylic acids is 1. The zero-order valence-corrected chi connectivity index (χ0v) is 13.6. The highest BCUT2D eigenvalue weighted by molar-refractivity contribution is 5.91. The van der Waals surface area contributed by atoms with Crippen molar-refractivity contribution >= 4 is 5.97 Å². The van der Waals surface area contributed by atoms with E-state index in [4.69, 9.17) is 4.74 Å². The van der Waals surface area contributed by atoms with Crippen molar-refractivity contribution < 1.29 is 9.53 Å². The van der Waals surface area contributed by atoms with Crippen molar-refractivity contribution in [2.24, 2.45) is 5.92 Å². The molecule has 1 aliphatic heterocycles. The highest BCUT2D eigenvalue weighted by atomic mass is 16.6. The molecule has 0 aromatic carbocycles. The lowest BCUT2D eigenvalue weighted by molar-refractivity contribution is -0.147. The van der Waals surface area contributed by atoms with E-state index < -0.39 is 0 Å². The van der Waals surface area contributed by atoms with E-state index in [0.717, 1.165) is 37.7 Å². The fourth-order valence-corrected chi connectivity index (χ4v) is 2.81. The zero-order chi connectivity index (χ0) is 15.0. The molecule has 0 aromatic heterocycles. The van der Waals surface area contributed by atoms with Crippen LogP contribution in [-0.4, -0.2) is 11.6 Å². The topological polar surface area (TPSA) is 26.3 Å². The molecule has 1 rings (SSSR count). The van der Waals surface area contributed by atoms with Crippen LogP contribution in [0.5, 0.6) is 0 Å². The van der Waals surface area contributed by atoms with Gasteiger partial charge in [0.05, 0.1) is 0 Å². The average molecular weight is 278 g/mol. The first kappa shape index (κ1) is 17.0. The number of ether oxygens (including phenoxy) is 1. The first-order chi connectivity index (χ1) is 9.60. The van der Waals surface area contributed by atoms with Crippen molar-refractivity contribution in [1.29, 1.82) is 0 Å². The molecule has 0 amide bonds. The van der Waals surface area contributed by atoms with E-state index in [1.165, 1.54) is 12.8 Å². The van der Waals surface area contributed by atoms with Gasteiger partial charge in [-0.3, -0.25) is 0 Å². The maximum Gasteiger partial charge on any atom is 0.334 e. The van der Waals surface area contributed by atoms with Gasteiger partial charge in [0, 0.05) is 5.57 Å². The number of cyclic esters (lactones) is 1. The van der Waals surface area contributed by atoms with E-state index in [1.807, 2.05) is 6.92 Å². The molecule has 2 nitrogen and oxygen atoms in total. The lowest BCUT2D eigenvalue weighted by Crippen LogP contribution is -2.27. The van der Waals surface area contributed by atoms with Crippen LogP contribution < -0.4 is 0 Å². The highest BCUT2D eigenvalue weighted by Crippen LogP contribution is 2.34. The molecule has 114 valence electrons. The number of allylic oxidation sites excluding steroid dienone is 2. The largest absolute Gasteiger partial charge is 0.451 e. The van der Waals surface area contributed by atoms with Crippen LogP contribution in [0.3, 0.4) is 0 Å². The molecule has 0 N–H and O–H groups in total. The summed E-state index contributed by atoms with van der Waals surface area (Å²) in [6.45, 7) is 8.54. The Labute approximate surface area is 124 Å². The van der Waals surface area contributed by atoms with E-state index in [2.05, 4.69) is 39.0 Å². The zero-order valence-electron chi connectivity index (χ0n) is 13.6. The minimum atomic E-state index is -0.324. The minimum absolute atomic E-state index is 0.104. The Morgan fingerprint density at radius 3 is 2.55 bits per heavy atom. The van der Waals surface area contributed by atoms with Gasteiger partial charge in [0.2, 0.25) is 0 Å². The van der Waals surface area contributed by atoms with Gasteiger partial charge in [0.1, 0.15) is 5.60 Å². The third-order valence-electron chi connectivity index (χ3n) is 4.32. The van der Waals surface area contributed by atoms with E-state index in [1.54, 1.807) is 0 Å². The van der Waals surface area contributed by atoms with Crippen molar-refractivity contribution in [1.82, 2.24) is 0 Å². The maximum absolute atomic E-state index is 11.8. The average Bonchev–Trinajstić information content (AvgIpc) is 2.79. The second-order valence-corrected chi connectivity index (χ2v) is 5.73. The van der Waals surface area contributed by atoms with Gasteiger partial charge >= 0.3 is 5.97 Å². The summed E-state index contributed by atoms with van der Waals surface area (Å²) in [5.41, 5.74) is 0.527. The normalized spacial score (nSPS) is 24.0. The van der Waals surface area contributed by atoms with Gasteiger partial charge < -0.3 is 4.74 Å². The second kappa shape index (κ2) is 8.28. The Bertz CT molecular complexity index is 368. The molecule has 1 heterocycles. The summed E-state index contributed by atoms with van der Waals surface area (Å²) >= 11 is 0.